The molecule has 1 aliphatic rings. The van der Waals surface area contributed by atoms with Crippen LogP contribution in [-0.4, -0.2) is 53.7 Å². The summed E-state index contributed by atoms with van der Waals surface area (Å²) in [5.74, 6) is -0.892. The minimum Gasteiger partial charge on any atom is -0.481 e. The molecule has 1 amide bonds. The van der Waals surface area contributed by atoms with Gasteiger partial charge in [0.15, 0.2) is 17.8 Å². The lowest BCUT2D eigenvalue weighted by Crippen LogP contribution is -2.40. The Morgan fingerprint density at radius 2 is 2.08 bits per heavy atom. The molecular weight excluding hydrogens is 324 g/mol. The van der Waals surface area contributed by atoms with Gasteiger partial charge in [-0.2, -0.15) is 0 Å². The lowest BCUT2D eigenvalue weighted by atomic mass is 9.88. The smallest absolute Gasteiger partial charge is 0.313 e. The van der Waals surface area contributed by atoms with E-state index in [1.165, 1.54) is 18.4 Å². The number of carboxylic acid groups (broad SMARTS) is 1. The fourth-order valence-corrected chi connectivity index (χ4v) is 3.13. The zero-order chi connectivity index (χ0) is 18.0. The molecule has 2 heterocycles. The molecule has 0 spiro atoms. The number of amides is 1. The van der Waals surface area contributed by atoms with Crippen LogP contribution < -0.4 is 0 Å². The highest BCUT2D eigenvalue weighted by molar-refractivity contribution is 5.98. The second-order valence-corrected chi connectivity index (χ2v) is 6.39. The number of ether oxygens (including phenoxy) is 1. The molecule has 3 rings (SSSR count). The van der Waals surface area contributed by atoms with E-state index >= 15 is 0 Å². The van der Waals surface area contributed by atoms with Crippen LogP contribution >= 0.6 is 0 Å². The number of rotatable bonds is 5. The van der Waals surface area contributed by atoms with Gasteiger partial charge >= 0.3 is 5.97 Å². The van der Waals surface area contributed by atoms with Crippen molar-refractivity contribution in [3.63, 3.8) is 0 Å². The molecule has 132 valence electrons. The molecule has 0 bridgehead atoms. The molecule has 1 atom stereocenters. The Kier molecular flexibility index (Phi) is 4.59. The van der Waals surface area contributed by atoms with Crippen molar-refractivity contribution in [2.24, 2.45) is 5.41 Å². The van der Waals surface area contributed by atoms with E-state index < -0.39 is 11.4 Å². The standard InChI is InChI=1S/C18H20N2O5/c1-12-3-5-13(6-4-12)15-14(19-11-25-15)16(21)20-8-7-18(9-20,10-24-2)17(22)23/h3-6,11H,7-10H2,1-2H3,(H,22,23). The molecule has 1 fully saturated rings. The minimum atomic E-state index is -1.07. The van der Waals surface area contributed by atoms with Crippen LogP contribution in [0.1, 0.15) is 22.5 Å². The molecule has 7 nitrogen and oxygen atoms in total. The van der Waals surface area contributed by atoms with E-state index in [4.69, 9.17) is 9.15 Å². The van der Waals surface area contributed by atoms with Gasteiger partial charge in [-0.1, -0.05) is 29.8 Å². The second-order valence-electron chi connectivity index (χ2n) is 6.39. The molecule has 25 heavy (non-hydrogen) atoms. The molecule has 1 aromatic carbocycles. The summed E-state index contributed by atoms with van der Waals surface area (Å²) in [4.78, 5) is 30.1. The van der Waals surface area contributed by atoms with Crippen LogP contribution in [0.5, 0.6) is 0 Å². The van der Waals surface area contributed by atoms with Crippen LogP contribution in [0, 0.1) is 12.3 Å². The molecule has 1 unspecified atom stereocenters. The van der Waals surface area contributed by atoms with Crippen molar-refractivity contribution in [1.82, 2.24) is 9.88 Å². The summed E-state index contributed by atoms with van der Waals surface area (Å²) in [6.45, 7) is 2.47. The lowest BCUT2D eigenvalue weighted by molar-refractivity contribution is -0.151. The first-order valence-corrected chi connectivity index (χ1v) is 7.99. The molecule has 1 saturated heterocycles. The molecule has 1 N–H and O–H groups in total. The number of carbonyl (C=O) groups is 2. The number of aliphatic carboxylic acids is 1. The van der Waals surface area contributed by atoms with Crippen molar-refractivity contribution < 1.29 is 23.8 Å². The minimum absolute atomic E-state index is 0.0652. The van der Waals surface area contributed by atoms with Gasteiger partial charge < -0.3 is 19.2 Å². The van der Waals surface area contributed by atoms with Gasteiger partial charge in [-0.25, -0.2) is 4.98 Å². The number of hydrogen-bond acceptors (Lipinski definition) is 5. The molecule has 0 aliphatic carbocycles. The first kappa shape index (κ1) is 17.2. The van der Waals surface area contributed by atoms with E-state index in [0.717, 1.165) is 11.1 Å². The monoisotopic (exact) mass is 344 g/mol. The SMILES string of the molecule is COCC1(C(=O)O)CCN(C(=O)c2ncoc2-c2ccc(C)cc2)C1. The number of nitrogens with zero attached hydrogens (tertiary/aromatic N) is 2. The summed E-state index contributed by atoms with van der Waals surface area (Å²) in [5, 5.41) is 9.53. The van der Waals surface area contributed by atoms with E-state index in [1.807, 2.05) is 31.2 Å². The van der Waals surface area contributed by atoms with E-state index in [0.29, 0.717) is 18.7 Å². The highest BCUT2D eigenvalue weighted by Crippen LogP contribution is 2.33. The van der Waals surface area contributed by atoms with Gasteiger partial charge in [0.1, 0.15) is 5.41 Å². The van der Waals surface area contributed by atoms with Crippen molar-refractivity contribution >= 4 is 11.9 Å². The Labute approximate surface area is 145 Å². The Morgan fingerprint density at radius 1 is 1.36 bits per heavy atom. The average Bonchev–Trinajstić information content (AvgIpc) is 3.23. The number of carboxylic acids is 1. The number of aromatic nitrogens is 1. The predicted molar refractivity (Wildman–Crippen MR) is 89.1 cm³/mol. The number of hydrogen-bond donors (Lipinski definition) is 1. The van der Waals surface area contributed by atoms with Crippen LogP contribution in [0.15, 0.2) is 35.1 Å². The fourth-order valence-electron chi connectivity index (χ4n) is 3.13. The van der Waals surface area contributed by atoms with Crippen LogP contribution in [0.25, 0.3) is 11.3 Å². The third-order valence-electron chi connectivity index (χ3n) is 4.60. The van der Waals surface area contributed by atoms with Crippen LogP contribution in [0.2, 0.25) is 0 Å². The maximum Gasteiger partial charge on any atom is 0.313 e. The summed E-state index contributed by atoms with van der Waals surface area (Å²) >= 11 is 0. The van der Waals surface area contributed by atoms with E-state index in [2.05, 4.69) is 4.98 Å². The maximum atomic E-state index is 12.9. The van der Waals surface area contributed by atoms with Crippen molar-refractivity contribution in [2.45, 2.75) is 13.3 Å². The fraction of sp³-hybridized carbons (Fsp3) is 0.389. The van der Waals surface area contributed by atoms with E-state index in [1.54, 1.807) is 0 Å². The number of methoxy groups -OCH3 is 1. The maximum absolute atomic E-state index is 12.9. The molecule has 1 aromatic heterocycles. The molecule has 1 aliphatic heterocycles. The van der Waals surface area contributed by atoms with Gasteiger partial charge in [0, 0.05) is 25.8 Å². The Hall–Kier alpha value is -2.67. The molecule has 0 saturated carbocycles. The van der Waals surface area contributed by atoms with Gasteiger partial charge in [-0.15, -0.1) is 0 Å². The Morgan fingerprint density at radius 3 is 2.72 bits per heavy atom. The van der Waals surface area contributed by atoms with Gasteiger partial charge in [-0.05, 0) is 13.3 Å². The quantitative estimate of drug-likeness (QED) is 0.894. The molecule has 7 heteroatoms. The Balaban J connectivity index is 1.85. The van der Waals surface area contributed by atoms with E-state index in [-0.39, 0.29) is 24.8 Å². The van der Waals surface area contributed by atoms with Crippen LogP contribution in [0.3, 0.4) is 0 Å². The first-order chi connectivity index (χ1) is 12.0. The zero-order valence-corrected chi connectivity index (χ0v) is 14.2. The number of carbonyl (C=O) groups excluding carboxylic acids is 1. The molecular formula is C18H20N2O5. The largest absolute Gasteiger partial charge is 0.481 e. The van der Waals surface area contributed by atoms with Crippen LogP contribution in [-0.2, 0) is 9.53 Å². The summed E-state index contributed by atoms with van der Waals surface area (Å²) in [7, 11) is 1.46. The first-order valence-electron chi connectivity index (χ1n) is 7.99. The van der Waals surface area contributed by atoms with Gasteiger partial charge in [-0.3, -0.25) is 9.59 Å². The van der Waals surface area contributed by atoms with Crippen molar-refractivity contribution in [3.05, 3.63) is 41.9 Å². The molecule has 0 radical (unpaired) electrons. The van der Waals surface area contributed by atoms with Crippen molar-refractivity contribution in [3.8, 4) is 11.3 Å². The normalized spacial score (nSPS) is 20.0. The topological polar surface area (TPSA) is 92.9 Å². The van der Waals surface area contributed by atoms with Crippen molar-refractivity contribution in [1.29, 1.82) is 0 Å². The van der Waals surface area contributed by atoms with Crippen molar-refractivity contribution in [2.75, 3.05) is 26.8 Å². The van der Waals surface area contributed by atoms with Gasteiger partial charge in [0.25, 0.3) is 5.91 Å². The third kappa shape index (κ3) is 3.15. The third-order valence-corrected chi connectivity index (χ3v) is 4.60. The number of aryl methyl sites for hydroxylation is 1. The van der Waals surface area contributed by atoms with Gasteiger partial charge in [0.05, 0.1) is 6.61 Å². The van der Waals surface area contributed by atoms with Gasteiger partial charge in [0.2, 0.25) is 0 Å². The second kappa shape index (κ2) is 6.68. The van der Waals surface area contributed by atoms with Crippen LogP contribution in [0.4, 0.5) is 0 Å². The predicted octanol–water partition coefficient (Wildman–Crippen LogP) is 2.21. The summed E-state index contributed by atoms with van der Waals surface area (Å²) < 4.78 is 10.5. The Bertz CT molecular complexity index is 783. The number of oxazole rings is 1. The lowest BCUT2D eigenvalue weighted by Gasteiger charge is -2.23. The number of benzene rings is 1. The summed E-state index contributed by atoms with van der Waals surface area (Å²) in [6, 6.07) is 7.58. The van der Waals surface area contributed by atoms with E-state index in [9.17, 15) is 14.7 Å². The highest BCUT2D eigenvalue weighted by Gasteiger charge is 2.47. The summed E-state index contributed by atoms with van der Waals surface area (Å²) in [5.41, 5.74) is 0.981. The zero-order valence-electron chi connectivity index (χ0n) is 14.2. The highest BCUT2D eigenvalue weighted by atomic mass is 16.5. The number of likely N-dealkylation sites (tertiary alicyclic amines) is 1. The average molecular weight is 344 g/mol. The summed E-state index contributed by atoms with van der Waals surface area (Å²) in [6.07, 6.45) is 1.58. The molecule has 2 aromatic rings.